The number of carboxylic acids is 1. The molecule has 1 aromatic carbocycles. The second kappa shape index (κ2) is 6.62. The van der Waals surface area contributed by atoms with Gasteiger partial charge in [-0.05, 0) is 36.8 Å². The Kier molecular flexibility index (Phi) is 4.45. The number of hydrogen-bond acceptors (Lipinski definition) is 4. The van der Waals surface area contributed by atoms with E-state index in [4.69, 9.17) is 0 Å². The van der Waals surface area contributed by atoms with Gasteiger partial charge in [0.2, 0.25) is 0 Å². The number of sulfone groups is 1. The molecule has 6 nitrogen and oxygen atoms in total. The minimum Gasteiger partial charge on any atom is -0.480 e. The van der Waals surface area contributed by atoms with Crippen molar-refractivity contribution in [1.29, 1.82) is 0 Å². The first kappa shape index (κ1) is 19.5. The first-order valence-corrected chi connectivity index (χ1v) is 10.6. The zero-order valence-corrected chi connectivity index (χ0v) is 16.3. The van der Waals surface area contributed by atoms with Crippen LogP contribution in [0.5, 0.6) is 0 Å². The average Bonchev–Trinajstić information content (AvgIpc) is 2.91. The number of carbonyl (C=O) groups is 1. The maximum absolute atomic E-state index is 14.4. The number of benzene rings is 1. The molecule has 29 heavy (non-hydrogen) atoms. The Balaban J connectivity index is 1.83. The summed E-state index contributed by atoms with van der Waals surface area (Å²) in [5, 5.41) is 9.21. The lowest BCUT2D eigenvalue weighted by Crippen LogP contribution is -2.28. The van der Waals surface area contributed by atoms with E-state index in [1.165, 1.54) is 18.2 Å². The van der Waals surface area contributed by atoms with Crippen molar-refractivity contribution < 1.29 is 27.1 Å². The number of pyridine rings is 1. The molecule has 1 N–H and O–H groups in total. The summed E-state index contributed by atoms with van der Waals surface area (Å²) in [5.41, 5.74) is 2.70. The summed E-state index contributed by atoms with van der Waals surface area (Å²) in [6.45, 7) is 1.52. The van der Waals surface area contributed by atoms with Gasteiger partial charge in [-0.1, -0.05) is 6.07 Å². The largest absolute Gasteiger partial charge is 0.480 e. The zero-order chi connectivity index (χ0) is 21.0. The van der Waals surface area contributed by atoms with Crippen LogP contribution in [0.25, 0.3) is 11.0 Å². The molecule has 0 aliphatic carbocycles. The van der Waals surface area contributed by atoms with Crippen LogP contribution >= 0.6 is 0 Å². The third-order valence-electron chi connectivity index (χ3n) is 5.34. The monoisotopic (exact) mass is 420 g/mol. The maximum atomic E-state index is 14.4. The molecule has 4 rings (SSSR count). The van der Waals surface area contributed by atoms with E-state index in [-0.39, 0.29) is 17.9 Å². The molecule has 0 radical (unpaired) electrons. The molecule has 3 aromatic rings. The third-order valence-corrected chi connectivity index (χ3v) is 7.10. The lowest BCUT2D eigenvalue weighted by molar-refractivity contribution is -0.137. The number of aromatic nitrogens is 2. The van der Waals surface area contributed by atoms with Crippen molar-refractivity contribution in [2.75, 3.05) is 5.75 Å². The van der Waals surface area contributed by atoms with Crippen molar-refractivity contribution in [3.8, 4) is 0 Å². The van der Waals surface area contributed by atoms with Crippen molar-refractivity contribution >= 4 is 26.8 Å². The highest BCUT2D eigenvalue weighted by Gasteiger charge is 2.43. The molecule has 0 bridgehead atoms. The van der Waals surface area contributed by atoms with Crippen LogP contribution in [0.3, 0.4) is 0 Å². The van der Waals surface area contributed by atoms with E-state index in [2.05, 4.69) is 4.98 Å². The second-order valence-electron chi connectivity index (χ2n) is 7.20. The zero-order valence-electron chi connectivity index (χ0n) is 15.5. The Morgan fingerprint density at radius 3 is 2.79 bits per heavy atom. The normalized spacial score (nSPS) is 17.2. The van der Waals surface area contributed by atoms with E-state index < -0.39 is 39.5 Å². The Labute approximate surface area is 165 Å². The number of nitrogens with zero attached hydrogens (tertiary/aromatic N) is 2. The van der Waals surface area contributed by atoms with Crippen molar-refractivity contribution in [3.63, 3.8) is 0 Å². The molecule has 0 fully saturated rings. The number of carboxylic acid groups (broad SMARTS) is 1. The van der Waals surface area contributed by atoms with E-state index in [0.29, 0.717) is 22.3 Å². The van der Waals surface area contributed by atoms with E-state index >= 15 is 0 Å². The second-order valence-corrected chi connectivity index (χ2v) is 9.27. The molecule has 152 valence electrons. The van der Waals surface area contributed by atoms with E-state index in [1.54, 1.807) is 29.8 Å². The summed E-state index contributed by atoms with van der Waals surface area (Å²) in [7, 11) is -3.72. The standard InChI is InChI=1S/C20H18F2N2O4S/c1-12-14(19-16(3-2-7-23-19)24(12)11-18(25)26)9-13-4-5-17-15(10-13)20(21,22)6-8-29(17,27)28/h2-5,7,10H,6,8-9,11H2,1H3,(H,25,26). The van der Waals surface area contributed by atoms with Crippen LogP contribution in [0.4, 0.5) is 8.78 Å². The molecule has 0 atom stereocenters. The van der Waals surface area contributed by atoms with Gasteiger partial charge in [-0.15, -0.1) is 0 Å². The molecular formula is C20H18F2N2O4S. The minimum absolute atomic E-state index is 0.232. The fourth-order valence-corrected chi connectivity index (χ4v) is 5.43. The summed E-state index contributed by atoms with van der Waals surface area (Å²) in [5.74, 6) is -4.78. The lowest BCUT2D eigenvalue weighted by Gasteiger charge is -2.25. The van der Waals surface area contributed by atoms with E-state index in [9.17, 15) is 27.1 Å². The van der Waals surface area contributed by atoms with Gasteiger partial charge in [-0.3, -0.25) is 9.78 Å². The number of halogens is 2. The SMILES string of the molecule is Cc1c(Cc2ccc3c(c2)C(F)(F)CCS3(=O)=O)c2ncccc2n1CC(=O)O. The average molecular weight is 420 g/mol. The van der Waals surface area contributed by atoms with Gasteiger partial charge in [-0.2, -0.15) is 0 Å². The molecule has 3 heterocycles. The van der Waals surface area contributed by atoms with Gasteiger partial charge in [0, 0.05) is 35.9 Å². The summed E-state index contributed by atoms with van der Waals surface area (Å²) < 4.78 is 54.7. The van der Waals surface area contributed by atoms with Crippen LogP contribution < -0.4 is 0 Å². The van der Waals surface area contributed by atoms with Crippen LogP contribution in [-0.2, 0) is 33.5 Å². The molecule has 1 aliphatic rings. The van der Waals surface area contributed by atoms with Crippen molar-refractivity contribution in [2.24, 2.45) is 0 Å². The van der Waals surface area contributed by atoms with Crippen LogP contribution in [-0.4, -0.2) is 34.8 Å². The number of aliphatic carboxylic acids is 1. The predicted molar refractivity (Wildman–Crippen MR) is 102 cm³/mol. The highest BCUT2D eigenvalue weighted by Crippen LogP contribution is 2.42. The highest BCUT2D eigenvalue weighted by atomic mass is 32.2. The highest BCUT2D eigenvalue weighted by molar-refractivity contribution is 7.91. The molecule has 0 unspecified atom stereocenters. The molecule has 0 saturated heterocycles. The molecule has 0 saturated carbocycles. The molecule has 9 heteroatoms. The molecular weight excluding hydrogens is 402 g/mol. The third kappa shape index (κ3) is 3.29. The van der Waals surface area contributed by atoms with E-state index in [1.807, 2.05) is 0 Å². The van der Waals surface area contributed by atoms with Gasteiger partial charge >= 0.3 is 5.97 Å². The Hall–Kier alpha value is -2.81. The van der Waals surface area contributed by atoms with Crippen molar-refractivity contribution in [2.45, 2.75) is 37.1 Å². The van der Waals surface area contributed by atoms with E-state index in [0.717, 1.165) is 5.56 Å². The van der Waals surface area contributed by atoms with Crippen molar-refractivity contribution in [1.82, 2.24) is 9.55 Å². The summed E-state index contributed by atoms with van der Waals surface area (Å²) in [4.78, 5) is 15.3. The number of alkyl halides is 2. The molecule has 1 aliphatic heterocycles. The Bertz CT molecular complexity index is 1250. The van der Waals surface area contributed by atoms with Gasteiger partial charge in [-0.25, -0.2) is 17.2 Å². The number of rotatable bonds is 4. The smallest absolute Gasteiger partial charge is 0.323 e. The van der Waals surface area contributed by atoms with Gasteiger partial charge in [0.1, 0.15) is 6.54 Å². The van der Waals surface area contributed by atoms with Crippen LogP contribution in [0.15, 0.2) is 41.4 Å². The van der Waals surface area contributed by atoms with Gasteiger partial charge in [0.15, 0.2) is 9.84 Å². The predicted octanol–water partition coefficient (Wildman–Crippen LogP) is 3.29. The summed E-state index contributed by atoms with van der Waals surface area (Å²) in [6.07, 6.45) is 1.09. The maximum Gasteiger partial charge on any atom is 0.323 e. The summed E-state index contributed by atoms with van der Waals surface area (Å²) >= 11 is 0. The molecule has 2 aromatic heterocycles. The van der Waals surface area contributed by atoms with Crippen LogP contribution in [0, 0.1) is 6.92 Å². The van der Waals surface area contributed by atoms with Gasteiger partial charge in [0.25, 0.3) is 5.92 Å². The fraction of sp³-hybridized carbons (Fsp3) is 0.300. The van der Waals surface area contributed by atoms with Crippen LogP contribution in [0.1, 0.15) is 28.8 Å². The first-order chi connectivity index (χ1) is 13.6. The van der Waals surface area contributed by atoms with Gasteiger partial charge in [0.05, 0.1) is 21.7 Å². The minimum atomic E-state index is -3.72. The van der Waals surface area contributed by atoms with Crippen molar-refractivity contribution in [3.05, 3.63) is 58.9 Å². The number of hydrogen-bond donors (Lipinski definition) is 1. The Morgan fingerprint density at radius 1 is 1.31 bits per heavy atom. The number of fused-ring (bicyclic) bond motifs is 2. The Morgan fingerprint density at radius 2 is 2.07 bits per heavy atom. The first-order valence-electron chi connectivity index (χ1n) is 8.98. The molecule has 0 amide bonds. The summed E-state index contributed by atoms with van der Waals surface area (Å²) in [6, 6.07) is 7.48. The topological polar surface area (TPSA) is 89.3 Å². The molecule has 0 spiro atoms. The van der Waals surface area contributed by atoms with Gasteiger partial charge < -0.3 is 9.67 Å². The lowest BCUT2D eigenvalue weighted by atomic mass is 9.98. The fourth-order valence-electron chi connectivity index (χ4n) is 3.87. The quantitative estimate of drug-likeness (QED) is 0.700. The van der Waals surface area contributed by atoms with Crippen LogP contribution in [0.2, 0.25) is 0 Å².